The largest absolute Gasteiger partial charge is 0.375 e. The molecule has 2 heterocycles. The lowest BCUT2D eigenvalue weighted by Gasteiger charge is -2.35. The molecule has 1 atom stereocenters. The summed E-state index contributed by atoms with van der Waals surface area (Å²) >= 11 is 0. The van der Waals surface area contributed by atoms with E-state index in [1.807, 2.05) is 0 Å². The van der Waals surface area contributed by atoms with Crippen molar-refractivity contribution >= 4 is 0 Å². The molecule has 0 amide bonds. The molecule has 15 heavy (non-hydrogen) atoms. The molecule has 1 unspecified atom stereocenters. The van der Waals surface area contributed by atoms with Gasteiger partial charge in [-0.3, -0.25) is 0 Å². The molecule has 2 aliphatic rings. The second-order valence-electron chi connectivity index (χ2n) is 5.90. The minimum absolute atomic E-state index is 0.339. The molecule has 0 bridgehead atoms. The summed E-state index contributed by atoms with van der Waals surface area (Å²) in [5.41, 5.74) is 1.93. The molecule has 1 saturated heterocycles. The van der Waals surface area contributed by atoms with Crippen LogP contribution in [0.5, 0.6) is 0 Å². The molecule has 2 aliphatic heterocycles. The van der Waals surface area contributed by atoms with E-state index < -0.39 is 0 Å². The van der Waals surface area contributed by atoms with Gasteiger partial charge in [0.25, 0.3) is 0 Å². The van der Waals surface area contributed by atoms with Crippen LogP contribution in [0.4, 0.5) is 0 Å². The van der Waals surface area contributed by atoms with Crippen LogP contribution in [-0.2, 0) is 0 Å². The summed E-state index contributed by atoms with van der Waals surface area (Å²) in [5.74, 6) is 0. The molecule has 0 aromatic rings. The van der Waals surface area contributed by atoms with Gasteiger partial charge in [-0.05, 0) is 30.8 Å². The Morgan fingerprint density at radius 2 is 1.93 bits per heavy atom. The van der Waals surface area contributed by atoms with E-state index in [9.17, 15) is 0 Å². The fraction of sp³-hybridized carbons (Fsp3) is 0.846. The van der Waals surface area contributed by atoms with Gasteiger partial charge in [-0.1, -0.05) is 20.8 Å². The number of likely N-dealkylation sites (tertiary alicyclic amines) is 1. The van der Waals surface area contributed by atoms with Crippen LogP contribution in [0.25, 0.3) is 0 Å². The Morgan fingerprint density at radius 3 is 2.53 bits per heavy atom. The zero-order valence-corrected chi connectivity index (χ0v) is 10.3. The minimum atomic E-state index is 0.339. The van der Waals surface area contributed by atoms with Crippen molar-refractivity contribution in [3.63, 3.8) is 0 Å². The van der Waals surface area contributed by atoms with Crippen molar-refractivity contribution in [2.45, 2.75) is 46.1 Å². The van der Waals surface area contributed by atoms with Crippen LogP contribution in [0.1, 0.15) is 40.0 Å². The number of rotatable bonds is 1. The van der Waals surface area contributed by atoms with Gasteiger partial charge in [0.15, 0.2) is 0 Å². The number of hydrogen-bond acceptors (Lipinski definition) is 2. The number of nitrogens with zero attached hydrogens (tertiary/aromatic N) is 1. The van der Waals surface area contributed by atoms with Gasteiger partial charge in [0, 0.05) is 31.4 Å². The Balaban J connectivity index is 2.07. The topological polar surface area (TPSA) is 15.3 Å². The highest BCUT2D eigenvalue weighted by Gasteiger charge is 2.27. The van der Waals surface area contributed by atoms with Crippen LogP contribution >= 0.6 is 0 Å². The van der Waals surface area contributed by atoms with Crippen LogP contribution < -0.4 is 5.32 Å². The molecular formula is C13H24N2. The third kappa shape index (κ3) is 2.54. The van der Waals surface area contributed by atoms with E-state index in [2.05, 4.69) is 37.1 Å². The van der Waals surface area contributed by atoms with Crippen LogP contribution in [0.15, 0.2) is 11.8 Å². The molecule has 0 saturated carbocycles. The van der Waals surface area contributed by atoms with E-state index >= 15 is 0 Å². The Bertz CT molecular complexity index is 244. The van der Waals surface area contributed by atoms with Crippen molar-refractivity contribution in [2.75, 3.05) is 19.6 Å². The van der Waals surface area contributed by atoms with Crippen molar-refractivity contribution in [2.24, 2.45) is 5.41 Å². The maximum Gasteiger partial charge on any atom is 0.0318 e. The highest BCUT2D eigenvalue weighted by Crippen LogP contribution is 2.27. The average molecular weight is 208 g/mol. The van der Waals surface area contributed by atoms with Crippen molar-refractivity contribution in [1.82, 2.24) is 10.2 Å². The summed E-state index contributed by atoms with van der Waals surface area (Å²) in [5, 5.41) is 3.61. The third-order valence-electron chi connectivity index (χ3n) is 3.55. The molecule has 2 rings (SSSR count). The highest BCUT2D eigenvalue weighted by atomic mass is 15.2. The summed E-state index contributed by atoms with van der Waals surface area (Å²) in [6.45, 7) is 10.6. The number of hydrogen-bond donors (Lipinski definition) is 1. The summed E-state index contributed by atoms with van der Waals surface area (Å²) < 4.78 is 0. The molecule has 0 aliphatic carbocycles. The van der Waals surface area contributed by atoms with Gasteiger partial charge < -0.3 is 10.2 Å². The fourth-order valence-electron chi connectivity index (χ4n) is 2.51. The zero-order valence-electron chi connectivity index (χ0n) is 10.3. The normalized spacial score (nSPS) is 28.1. The zero-order chi connectivity index (χ0) is 10.9. The Kier molecular flexibility index (Phi) is 3.06. The molecule has 0 radical (unpaired) electrons. The van der Waals surface area contributed by atoms with Crippen molar-refractivity contribution in [1.29, 1.82) is 0 Å². The van der Waals surface area contributed by atoms with Gasteiger partial charge in [-0.2, -0.15) is 0 Å². The van der Waals surface area contributed by atoms with Gasteiger partial charge >= 0.3 is 0 Å². The predicted octanol–water partition coefficient (Wildman–Crippen LogP) is 2.37. The van der Waals surface area contributed by atoms with E-state index in [1.165, 1.54) is 32.4 Å². The summed E-state index contributed by atoms with van der Waals surface area (Å²) in [4.78, 5) is 2.58. The first-order valence-electron chi connectivity index (χ1n) is 6.26. The molecule has 1 fully saturated rings. The predicted molar refractivity (Wildman–Crippen MR) is 64.8 cm³/mol. The van der Waals surface area contributed by atoms with Gasteiger partial charge in [0.05, 0.1) is 0 Å². The molecule has 0 aromatic carbocycles. The quantitative estimate of drug-likeness (QED) is 0.711. The standard InChI is InChI=1S/C13H24N2/c1-13(2,3)12-10-11(6-7-14-12)15-8-4-5-9-15/h10,12,14H,4-9H2,1-3H3. The first-order chi connectivity index (χ1) is 7.07. The molecular weight excluding hydrogens is 184 g/mol. The Morgan fingerprint density at radius 1 is 1.27 bits per heavy atom. The van der Waals surface area contributed by atoms with Crippen molar-refractivity contribution in [3.8, 4) is 0 Å². The lowest BCUT2D eigenvalue weighted by Crippen LogP contribution is -2.43. The minimum Gasteiger partial charge on any atom is -0.375 e. The van der Waals surface area contributed by atoms with Crippen LogP contribution in [0.3, 0.4) is 0 Å². The first kappa shape index (κ1) is 11.0. The maximum atomic E-state index is 3.61. The molecule has 86 valence electrons. The van der Waals surface area contributed by atoms with E-state index in [1.54, 1.807) is 5.70 Å². The van der Waals surface area contributed by atoms with E-state index in [-0.39, 0.29) is 0 Å². The lowest BCUT2D eigenvalue weighted by molar-refractivity contribution is 0.286. The first-order valence-corrected chi connectivity index (χ1v) is 6.26. The number of nitrogens with one attached hydrogen (secondary N) is 1. The van der Waals surface area contributed by atoms with Crippen molar-refractivity contribution in [3.05, 3.63) is 11.8 Å². The van der Waals surface area contributed by atoms with Gasteiger partial charge in [-0.15, -0.1) is 0 Å². The lowest BCUT2D eigenvalue weighted by atomic mass is 9.84. The molecule has 2 heteroatoms. The van der Waals surface area contributed by atoms with Gasteiger partial charge in [-0.25, -0.2) is 0 Å². The van der Waals surface area contributed by atoms with Crippen LogP contribution in [0.2, 0.25) is 0 Å². The molecule has 1 N–H and O–H groups in total. The van der Waals surface area contributed by atoms with Gasteiger partial charge in [0.1, 0.15) is 0 Å². The van der Waals surface area contributed by atoms with Gasteiger partial charge in [0.2, 0.25) is 0 Å². The summed E-state index contributed by atoms with van der Waals surface area (Å²) in [7, 11) is 0. The molecule has 0 aromatic heterocycles. The van der Waals surface area contributed by atoms with Crippen molar-refractivity contribution < 1.29 is 0 Å². The maximum absolute atomic E-state index is 3.61. The van der Waals surface area contributed by atoms with Crippen LogP contribution in [0, 0.1) is 5.41 Å². The van der Waals surface area contributed by atoms with Crippen LogP contribution in [-0.4, -0.2) is 30.6 Å². The fourth-order valence-corrected chi connectivity index (χ4v) is 2.51. The molecule has 2 nitrogen and oxygen atoms in total. The Hall–Kier alpha value is -0.500. The second-order valence-corrected chi connectivity index (χ2v) is 5.90. The highest BCUT2D eigenvalue weighted by molar-refractivity contribution is 5.13. The Labute approximate surface area is 93.7 Å². The molecule has 0 spiro atoms. The third-order valence-corrected chi connectivity index (χ3v) is 3.55. The SMILES string of the molecule is CC(C)(C)C1C=C(N2CCCC2)CCN1. The van der Waals surface area contributed by atoms with E-state index in [4.69, 9.17) is 0 Å². The monoisotopic (exact) mass is 208 g/mol. The van der Waals surface area contributed by atoms with E-state index in [0.29, 0.717) is 11.5 Å². The summed E-state index contributed by atoms with van der Waals surface area (Å²) in [6, 6.07) is 0.543. The summed E-state index contributed by atoms with van der Waals surface area (Å²) in [6.07, 6.45) is 6.44. The smallest absolute Gasteiger partial charge is 0.0318 e. The average Bonchev–Trinajstić information content (AvgIpc) is 2.69. The van der Waals surface area contributed by atoms with E-state index in [0.717, 1.165) is 6.54 Å². The second kappa shape index (κ2) is 4.17.